The van der Waals surface area contributed by atoms with E-state index in [1.54, 1.807) is 13.3 Å². The fourth-order valence-electron chi connectivity index (χ4n) is 4.59. The Morgan fingerprint density at radius 1 is 1.00 bits per heavy atom. The molecule has 1 aromatic heterocycles. The summed E-state index contributed by atoms with van der Waals surface area (Å²) in [7, 11) is 1.58. The lowest BCUT2D eigenvalue weighted by atomic mass is 9.91. The number of para-hydroxylation sites is 1. The lowest BCUT2D eigenvalue weighted by Crippen LogP contribution is -2.41. The maximum absolute atomic E-state index is 13.6. The van der Waals surface area contributed by atoms with Crippen LogP contribution in [0.3, 0.4) is 0 Å². The van der Waals surface area contributed by atoms with Gasteiger partial charge in [-0.3, -0.25) is 19.5 Å². The smallest absolute Gasteiger partial charge is 0.278 e. The van der Waals surface area contributed by atoms with Gasteiger partial charge in [-0.25, -0.2) is 0 Å². The fraction of sp³-hybridized carbons (Fsp3) is 0.375. The normalized spacial score (nSPS) is 22.1. The van der Waals surface area contributed by atoms with Crippen LogP contribution >= 0.6 is 0 Å². The van der Waals surface area contributed by atoms with Crippen LogP contribution in [-0.2, 0) is 16.1 Å². The minimum atomic E-state index is -0.295. The molecular weight excluding hydrogens is 378 g/mol. The number of aromatic nitrogens is 1. The molecule has 1 saturated heterocycles. The molecule has 2 aromatic rings. The molecule has 0 aliphatic carbocycles. The summed E-state index contributed by atoms with van der Waals surface area (Å²) in [6.07, 6.45) is 2.79. The van der Waals surface area contributed by atoms with Gasteiger partial charge in [0.1, 0.15) is 11.4 Å². The second-order valence-electron chi connectivity index (χ2n) is 8.29. The van der Waals surface area contributed by atoms with Gasteiger partial charge in [-0.1, -0.05) is 38.1 Å². The fourth-order valence-corrected chi connectivity index (χ4v) is 4.59. The first kappa shape index (κ1) is 20.1. The van der Waals surface area contributed by atoms with Gasteiger partial charge in [-0.05, 0) is 36.5 Å². The molecule has 2 atom stereocenters. The average Bonchev–Trinajstić information content (AvgIpc) is 2.98. The molecule has 2 aliphatic heterocycles. The number of benzene rings is 1. The molecule has 156 valence electrons. The van der Waals surface area contributed by atoms with Crippen molar-refractivity contribution in [3.63, 3.8) is 0 Å². The Morgan fingerprint density at radius 3 is 2.37 bits per heavy atom. The van der Waals surface area contributed by atoms with Crippen molar-refractivity contribution in [2.75, 3.05) is 20.2 Å². The Kier molecular flexibility index (Phi) is 5.57. The Labute approximate surface area is 177 Å². The number of nitrogens with zero attached hydrogens (tertiary/aromatic N) is 3. The summed E-state index contributed by atoms with van der Waals surface area (Å²) in [6.45, 7) is 6.06. The molecule has 2 amide bonds. The molecule has 1 fully saturated rings. The van der Waals surface area contributed by atoms with Crippen LogP contribution in [0.2, 0.25) is 0 Å². The molecule has 2 unspecified atom stereocenters. The summed E-state index contributed by atoms with van der Waals surface area (Å²) in [5.74, 6) is 0.939. The number of piperidine rings is 1. The SMILES string of the molecule is COc1ccccc1C1=C(N2CC(C)CC(C)C2)C(=O)N(Cc2ccccn2)C1=O. The van der Waals surface area contributed by atoms with Gasteiger partial charge in [0, 0.05) is 24.8 Å². The summed E-state index contributed by atoms with van der Waals surface area (Å²) in [5.41, 5.74) is 2.25. The van der Waals surface area contributed by atoms with Crippen LogP contribution in [0.4, 0.5) is 0 Å². The summed E-state index contributed by atoms with van der Waals surface area (Å²) >= 11 is 0. The number of likely N-dealkylation sites (tertiary alicyclic amines) is 1. The standard InChI is InChI=1S/C24H27N3O3/c1-16-12-17(2)14-26(13-16)22-21(19-9-4-5-10-20(19)30-3)23(28)27(24(22)29)15-18-8-6-7-11-25-18/h4-11,16-17H,12-15H2,1-3H3. The van der Waals surface area contributed by atoms with Crippen molar-refractivity contribution in [3.8, 4) is 5.75 Å². The van der Waals surface area contributed by atoms with Crippen LogP contribution in [0.25, 0.3) is 5.57 Å². The highest BCUT2D eigenvalue weighted by molar-refractivity contribution is 6.35. The van der Waals surface area contributed by atoms with Crippen molar-refractivity contribution >= 4 is 17.4 Å². The van der Waals surface area contributed by atoms with Gasteiger partial charge in [0.05, 0.1) is 24.9 Å². The number of imide groups is 1. The minimum Gasteiger partial charge on any atom is -0.496 e. The predicted molar refractivity (Wildman–Crippen MR) is 114 cm³/mol. The van der Waals surface area contributed by atoms with Crippen molar-refractivity contribution in [1.29, 1.82) is 0 Å². The maximum Gasteiger partial charge on any atom is 0.278 e. The number of rotatable bonds is 5. The Balaban J connectivity index is 1.80. The van der Waals surface area contributed by atoms with E-state index in [2.05, 4.69) is 23.7 Å². The van der Waals surface area contributed by atoms with Crippen LogP contribution in [-0.4, -0.2) is 46.8 Å². The zero-order valence-corrected chi connectivity index (χ0v) is 17.7. The van der Waals surface area contributed by atoms with E-state index in [0.29, 0.717) is 40.1 Å². The summed E-state index contributed by atoms with van der Waals surface area (Å²) in [5, 5.41) is 0. The number of ether oxygens (including phenoxy) is 1. The number of hydrogen-bond acceptors (Lipinski definition) is 5. The summed E-state index contributed by atoms with van der Waals surface area (Å²) in [6, 6.07) is 12.9. The molecule has 0 spiro atoms. The molecule has 0 radical (unpaired) electrons. The average molecular weight is 405 g/mol. The topological polar surface area (TPSA) is 62.7 Å². The van der Waals surface area contributed by atoms with Gasteiger partial charge in [-0.15, -0.1) is 0 Å². The van der Waals surface area contributed by atoms with Crippen molar-refractivity contribution < 1.29 is 14.3 Å². The first-order valence-corrected chi connectivity index (χ1v) is 10.4. The highest BCUT2D eigenvalue weighted by Crippen LogP contribution is 2.38. The Morgan fingerprint density at radius 2 is 1.70 bits per heavy atom. The van der Waals surface area contributed by atoms with E-state index < -0.39 is 0 Å². The van der Waals surface area contributed by atoms with E-state index >= 15 is 0 Å². The van der Waals surface area contributed by atoms with E-state index in [1.165, 1.54) is 4.90 Å². The number of pyridine rings is 1. The predicted octanol–water partition coefficient (Wildman–Crippen LogP) is 3.35. The molecule has 0 saturated carbocycles. The van der Waals surface area contributed by atoms with Crippen molar-refractivity contribution in [2.24, 2.45) is 11.8 Å². The molecule has 6 nitrogen and oxygen atoms in total. The molecule has 6 heteroatoms. The molecule has 4 rings (SSSR count). The number of hydrogen-bond donors (Lipinski definition) is 0. The van der Waals surface area contributed by atoms with Gasteiger partial charge < -0.3 is 9.64 Å². The Bertz CT molecular complexity index is 976. The van der Waals surface area contributed by atoms with Crippen molar-refractivity contribution in [1.82, 2.24) is 14.8 Å². The first-order chi connectivity index (χ1) is 14.5. The molecule has 0 bridgehead atoms. The molecular formula is C24H27N3O3. The van der Waals surface area contributed by atoms with Gasteiger partial charge in [0.15, 0.2) is 0 Å². The van der Waals surface area contributed by atoms with Gasteiger partial charge in [-0.2, -0.15) is 0 Å². The number of carbonyl (C=O) groups excluding carboxylic acids is 2. The van der Waals surface area contributed by atoms with Crippen LogP contribution in [0.15, 0.2) is 54.4 Å². The number of carbonyl (C=O) groups is 2. The van der Waals surface area contributed by atoms with Crippen LogP contribution in [0.5, 0.6) is 5.75 Å². The lowest BCUT2D eigenvalue weighted by molar-refractivity contribution is -0.138. The van der Waals surface area contributed by atoms with Crippen LogP contribution < -0.4 is 4.74 Å². The monoisotopic (exact) mass is 405 g/mol. The lowest BCUT2D eigenvalue weighted by Gasteiger charge is -2.37. The summed E-state index contributed by atoms with van der Waals surface area (Å²) in [4.78, 5) is 34.8. The van der Waals surface area contributed by atoms with Crippen LogP contribution in [0.1, 0.15) is 31.5 Å². The van der Waals surface area contributed by atoms with Crippen LogP contribution in [0, 0.1) is 11.8 Å². The molecule has 1 aromatic carbocycles. The van der Waals surface area contributed by atoms with E-state index in [4.69, 9.17) is 4.74 Å². The maximum atomic E-state index is 13.6. The van der Waals surface area contributed by atoms with Gasteiger partial charge in [0.25, 0.3) is 11.8 Å². The quantitative estimate of drug-likeness (QED) is 0.714. The Hall–Kier alpha value is -3.15. The number of methoxy groups -OCH3 is 1. The molecule has 3 heterocycles. The second kappa shape index (κ2) is 8.30. The van der Waals surface area contributed by atoms with Crippen molar-refractivity contribution in [3.05, 3.63) is 65.6 Å². The van der Waals surface area contributed by atoms with Gasteiger partial charge in [0.2, 0.25) is 0 Å². The third kappa shape index (κ3) is 3.70. The molecule has 2 aliphatic rings. The highest BCUT2D eigenvalue weighted by atomic mass is 16.5. The molecule has 0 N–H and O–H groups in total. The number of amides is 2. The highest BCUT2D eigenvalue weighted by Gasteiger charge is 2.43. The third-order valence-electron chi connectivity index (χ3n) is 5.75. The first-order valence-electron chi connectivity index (χ1n) is 10.4. The van der Waals surface area contributed by atoms with E-state index in [0.717, 1.165) is 19.5 Å². The van der Waals surface area contributed by atoms with E-state index in [-0.39, 0.29) is 18.4 Å². The zero-order chi connectivity index (χ0) is 21.3. The summed E-state index contributed by atoms with van der Waals surface area (Å²) < 4.78 is 5.53. The zero-order valence-electron chi connectivity index (χ0n) is 17.7. The largest absolute Gasteiger partial charge is 0.496 e. The second-order valence-corrected chi connectivity index (χ2v) is 8.29. The van der Waals surface area contributed by atoms with Crippen molar-refractivity contribution in [2.45, 2.75) is 26.8 Å². The molecule has 30 heavy (non-hydrogen) atoms. The minimum absolute atomic E-state index is 0.152. The van der Waals surface area contributed by atoms with E-state index in [1.807, 2.05) is 42.5 Å². The van der Waals surface area contributed by atoms with E-state index in [9.17, 15) is 9.59 Å². The van der Waals surface area contributed by atoms with Gasteiger partial charge >= 0.3 is 0 Å². The third-order valence-corrected chi connectivity index (χ3v) is 5.75.